The Hall–Kier alpha value is -3.03. The molecule has 4 rings (SSSR count). The largest absolute Gasteiger partial charge is 0.457 e. The Morgan fingerprint density at radius 1 is 1.19 bits per heavy atom. The summed E-state index contributed by atoms with van der Waals surface area (Å²) < 4.78 is 5.81. The molecule has 0 unspecified atom stereocenters. The smallest absolute Gasteiger partial charge is 0.303 e. The average Bonchev–Trinajstić information content (AvgIpc) is 3.13. The highest BCUT2D eigenvalue weighted by Gasteiger charge is 2.68. The summed E-state index contributed by atoms with van der Waals surface area (Å²) in [7, 11) is 0. The number of hydrogen-bond donors (Lipinski definition) is 3. The van der Waals surface area contributed by atoms with E-state index < -0.39 is 46.9 Å². The van der Waals surface area contributed by atoms with E-state index in [1.165, 1.54) is 26.0 Å². The summed E-state index contributed by atoms with van der Waals surface area (Å²) in [6, 6.07) is 9.49. The van der Waals surface area contributed by atoms with Crippen molar-refractivity contribution >= 4 is 17.7 Å². The van der Waals surface area contributed by atoms with Crippen LogP contribution in [0.1, 0.15) is 39.7 Å². The molecular formula is C30H37NO6. The first-order valence-electron chi connectivity index (χ1n) is 12.9. The number of nitrogens with one attached hydrogen (secondary N) is 1. The zero-order chi connectivity index (χ0) is 27.1. The predicted molar refractivity (Wildman–Crippen MR) is 139 cm³/mol. The number of benzene rings is 1. The topological polar surface area (TPSA) is 113 Å². The van der Waals surface area contributed by atoms with Crippen molar-refractivity contribution < 1.29 is 29.3 Å². The summed E-state index contributed by atoms with van der Waals surface area (Å²) in [5, 5.41) is 25.7. The van der Waals surface area contributed by atoms with Gasteiger partial charge in [0.05, 0.1) is 6.10 Å². The molecule has 1 saturated carbocycles. The van der Waals surface area contributed by atoms with Crippen LogP contribution in [0.4, 0.5) is 0 Å². The minimum Gasteiger partial charge on any atom is -0.457 e. The molecule has 1 spiro atoms. The molecule has 0 aromatic heterocycles. The number of ketones is 1. The van der Waals surface area contributed by atoms with Gasteiger partial charge in [0.2, 0.25) is 5.91 Å². The summed E-state index contributed by atoms with van der Waals surface area (Å²) in [6.07, 6.45) is 5.01. The molecule has 2 fully saturated rings. The molecule has 1 saturated heterocycles. The zero-order valence-corrected chi connectivity index (χ0v) is 21.9. The monoisotopic (exact) mass is 507 g/mol. The number of esters is 1. The molecule has 7 heteroatoms. The molecule has 3 N–H and O–H groups in total. The third kappa shape index (κ3) is 4.59. The van der Waals surface area contributed by atoms with Crippen molar-refractivity contribution in [3.05, 3.63) is 72.4 Å². The number of aliphatic hydroxyl groups excluding tert-OH is 1. The minimum absolute atomic E-state index is 0.287. The average molecular weight is 508 g/mol. The quantitative estimate of drug-likeness (QED) is 0.428. The van der Waals surface area contributed by atoms with Crippen molar-refractivity contribution in [1.29, 1.82) is 0 Å². The number of hydrogen-bond acceptors (Lipinski definition) is 6. The van der Waals surface area contributed by atoms with E-state index in [9.17, 15) is 24.6 Å². The van der Waals surface area contributed by atoms with Crippen LogP contribution >= 0.6 is 0 Å². The number of ether oxygens (including phenoxy) is 1. The summed E-state index contributed by atoms with van der Waals surface area (Å²) in [6.45, 7) is 10.5. The standard InChI is InChI=1S/C30H37NO6/c1-17-10-9-13-22-26(33)19(3)18(2)25-23(16-21-11-7-6-8-12-21)31-28(35)30(22,25)24(37-20(4)32)14-15-29(5,36)27(17)34/h6-9,11-15,17-18,22-26,33,36H,3,10,16H2,1-2,4-5H3,(H,31,35)/b13-9+,15-14?/t17-,18+,22-,23-,24+,25-,26+,29+,30+/m0/s1. The van der Waals surface area contributed by atoms with Crippen LogP contribution in [0.2, 0.25) is 0 Å². The summed E-state index contributed by atoms with van der Waals surface area (Å²) in [5.74, 6) is -3.26. The van der Waals surface area contributed by atoms with Gasteiger partial charge in [-0.05, 0) is 49.0 Å². The zero-order valence-electron chi connectivity index (χ0n) is 21.9. The van der Waals surface area contributed by atoms with Gasteiger partial charge in [-0.15, -0.1) is 0 Å². The van der Waals surface area contributed by atoms with Crippen LogP contribution in [0.3, 0.4) is 0 Å². The molecule has 1 amide bonds. The number of rotatable bonds is 3. The van der Waals surface area contributed by atoms with Crippen LogP contribution in [0.15, 0.2) is 66.8 Å². The highest BCUT2D eigenvalue weighted by molar-refractivity contribution is 5.91. The number of amides is 1. The van der Waals surface area contributed by atoms with Crippen molar-refractivity contribution in [3.8, 4) is 0 Å². The van der Waals surface area contributed by atoms with E-state index in [4.69, 9.17) is 4.74 Å². The SMILES string of the molecule is C=C1[C@@H](C)[C@H]2[C@H](Cc3ccccc3)NC(=O)[C@]23[C@H](OC(C)=O)C=C[C@@](C)(O)C(=O)[C@@H](C)C/C=C/[C@H]3[C@@H]1O. The lowest BCUT2D eigenvalue weighted by molar-refractivity contribution is -0.166. The summed E-state index contributed by atoms with van der Waals surface area (Å²) in [4.78, 5) is 39.5. The van der Waals surface area contributed by atoms with Crippen LogP contribution in [0.25, 0.3) is 0 Å². The highest BCUT2D eigenvalue weighted by atomic mass is 16.5. The predicted octanol–water partition coefficient (Wildman–Crippen LogP) is 2.92. The molecule has 0 radical (unpaired) electrons. The Bertz CT molecular complexity index is 1140. The van der Waals surface area contributed by atoms with Crippen molar-refractivity contribution in [3.63, 3.8) is 0 Å². The fourth-order valence-corrected chi connectivity index (χ4v) is 6.68. The third-order valence-electron chi connectivity index (χ3n) is 8.53. The third-order valence-corrected chi connectivity index (χ3v) is 8.53. The molecule has 1 aromatic rings. The van der Waals surface area contributed by atoms with Gasteiger partial charge in [-0.1, -0.05) is 62.9 Å². The lowest BCUT2D eigenvalue weighted by atomic mass is 9.51. The van der Waals surface area contributed by atoms with E-state index in [2.05, 4.69) is 11.9 Å². The van der Waals surface area contributed by atoms with Crippen LogP contribution in [-0.4, -0.2) is 51.7 Å². The normalized spacial score (nSPS) is 40.7. The first-order valence-corrected chi connectivity index (χ1v) is 12.9. The van der Waals surface area contributed by atoms with Crippen LogP contribution < -0.4 is 5.32 Å². The number of carbonyl (C=O) groups is 3. The van der Waals surface area contributed by atoms with E-state index in [-0.39, 0.29) is 23.7 Å². The molecule has 1 aromatic carbocycles. The summed E-state index contributed by atoms with van der Waals surface area (Å²) >= 11 is 0. The van der Waals surface area contributed by atoms with Crippen molar-refractivity contribution in [2.45, 2.75) is 64.4 Å². The molecule has 2 aliphatic carbocycles. The van der Waals surface area contributed by atoms with E-state index in [0.717, 1.165) is 5.56 Å². The van der Waals surface area contributed by atoms with Gasteiger partial charge < -0.3 is 20.3 Å². The maximum Gasteiger partial charge on any atom is 0.303 e. The van der Waals surface area contributed by atoms with E-state index in [1.54, 1.807) is 19.1 Å². The molecule has 198 valence electrons. The molecule has 7 nitrogen and oxygen atoms in total. The fraction of sp³-hybridized carbons (Fsp3) is 0.500. The highest BCUT2D eigenvalue weighted by Crippen LogP contribution is 2.58. The van der Waals surface area contributed by atoms with Gasteiger partial charge in [0.15, 0.2) is 5.78 Å². The Morgan fingerprint density at radius 3 is 2.51 bits per heavy atom. The maximum absolute atomic E-state index is 14.2. The molecule has 1 heterocycles. The van der Waals surface area contributed by atoms with Gasteiger partial charge in [0.1, 0.15) is 17.1 Å². The van der Waals surface area contributed by atoms with Crippen LogP contribution in [-0.2, 0) is 25.5 Å². The second kappa shape index (κ2) is 10.0. The Balaban J connectivity index is 1.94. The molecule has 0 bridgehead atoms. The van der Waals surface area contributed by atoms with Gasteiger partial charge in [-0.25, -0.2) is 0 Å². The van der Waals surface area contributed by atoms with Crippen molar-refractivity contribution in [2.24, 2.45) is 29.1 Å². The van der Waals surface area contributed by atoms with Gasteiger partial charge in [0.25, 0.3) is 0 Å². The van der Waals surface area contributed by atoms with E-state index in [0.29, 0.717) is 18.4 Å². The Kier molecular flexibility index (Phi) is 7.32. The first-order chi connectivity index (χ1) is 17.4. The molecule has 9 atom stereocenters. The number of carbonyl (C=O) groups excluding carboxylic acids is 3. The Labute approximate surface area is 218 Å². The first kappa shape index (κ1) is 27.0. The van der Waals surface area contributed by atoms with Gasteiger partial charge in [-0.3, -0.25) is 14.4 Å². The number of Topliss-reactive ketones (excluding diaryl/α,β-unsaturated/α-hetero) is 1. The van der Waals surface area contributed by atoms with Gasteiger partial charge >= 0.3 is 5.97 Å². The van der Waals surface area contributed by atoms with Crippen LogP contribution in [0.5, 0.6) is 0 Å². The van der Waals surface area contributed by atoms with Crippen LogP contribution in [0, 0.1) is 29.1 Å². The second-order valence-corrected chi connectivity index (χ2v) is 11.0. The summed E-state index contributed by atoms with van der Waals surface area (Å²) in [5.41, 5.74) is -1.55. The van der Waals surface area contributed by atoms with Gasteiger partial charge in [0, 0.05) is 30.7 Å². The number of aliphatic hydroxyl groups is 2. The fourth-order valence-electron chi connectivity index (χ4n) is 6.68. The lowest BCUT2D eigenvalue weighted by Gasteiger charge is -2.52. The maximum atomic E-state index is 14.2. The van der Waals surface area contributed by atoms with Crippen molar-refractivity contribution in [2.75, 3.05) is 0 Å². The van der Waals surface area contributed by atoms with Crippen molar-refractivity contribution in [1.82, 2.24) is 5.32 Å². The molecule has 1 aliphatic heterocycles. The van der Waals surface area contributed by atoms with E-state index in [1.807, 2.05) is 37.3 Å². The Morgan fingerprint density at radius 2 is 1.86 bits per heavy atom. The molecule has 37 heavy (non-hydrogen) atoms. The number of allylic oxidation sites excluding steroid dienone is 1. The van der Waals surface area contributed by atoms with Gasteiger partial charge in [-0.2, -0.15) is 0 Å². The van der Waals surface area contributed by atoms with E-state index >= 15 is 0 Å². The molecular weight excluding hydrogens is 470 g/mol. The molecule has 3 aliphatic rings. The lowest BCUT2D eigenvalue weighted by Crippen LogP contribution is -2.60. The second-order valence-electron chi connectivity index (χ2n) is 11.0. The minimum atomic E-state index is -1.82.